The van der Waals surface area contributed by atoms with Gasteiger partial charge in [-0.2, -0.15) is 0 Å². The van der Waals surface area contributed by atoms with Crippen LogP contribution in [0.5, 0.6) is 11.5 Å². The number of nitrogens with two attached hydrogens (primary N) is 1. The third-order valence-corrected chi connectivity index (χ3v) is 3.64. The lowest BCUT2D eigenvalue weighted by atomic mass is 9.94. The quantitative estimate of drug-likeness (QED) is 0.756. The van der Waals surface area contributed by atoms with Crippen molar-refractivity contribution in [1.82, 2.24) is 0 Å². The Bertz CT molecular complexity index is 589. The third kappa shape index (κ3) is 4.46. The zero-order valence-corrected chi connectivity index (χ0v) is 12.8. The van der Waals surface area contributed by atoms with Crippen molar-refractivity contribution in [2.75, 3.05) is 20.3 Å². The topological polar surface area (TPSA) is 44.5 Å². The zero-order chi connectivity index (χ0) is 15.8. The number of rotatable bonds is 8. The van der Waals surface area contributed by atoms with Gasteiger partial charge in [-0.1, -0.05) is 24.3 Å². The van der Waals surface area contributed by atoms with Gasteiger partial charge in [0.1, 0.15) is 17.3 Å². The van der Waals surface area contributed by atoms with E-state index < -0.39 is 0 Å². The summed E-state index contributed by atoms with van der Waals surface area (Å²) in [5.74, 6) is 1.38. The van der Waals surface area contributed by atoms with Gasteiger partial charge in [-0.3, -0.25) is 0 Å². The van der Waals surface area contributed by atoms with E-state index in [2.05, 4.69) is 0 Å². The van der Waals surface area contributed by atoms with Crippen LogP contribution in [0.4, 0.5) is 4.39 Å². The predicted molar refractivity (Wildman–Crippen MR) is 85.9 cm³/mol. The van der Waals surface area contributed by atoms with Gasteiger partial charge in [-0.15, -0.1) is 0 Å². The van der Waals surface area contributed by atoms with E-state index in [-0.39, 0.29) is 11.7 Å². The van der Waals surface area contributed by atoms with E-state index in [1.54, 1.807) is 19.2 Å². The molecule has 0 aliphatic heterocycles. The van der Waals surface area contributed by atoms with Crippen molar-refractivity contribution >= 4 is 0 Å². The molecule has 1 atom stereocenters. The van der Waals surface area contributed by atoms with Crippen LogP contribution in [-0.4, -0.2) is 20.3 Å². The van der Waals surface area contributed by atoms with Crippen LogP contribution in [0.1, 0.15) is 24.3 Å². The van der Waals surface area contributed by atoms with Gasteiger partial charge in [0.2, 0.25) is 0 Å². The van der Waals surface area contributed by atoms with Gasteiger partial charge < -0.3 is 15.2 Å². The minimum absolute atomic E-state index is 0.0232. The molecule has 2 aromatic carbocycles. The highest BCUT2D eigenvalue weighted by Crippen LogP contribution is 2.23. The van der Waals surface area contributed by atoms with Gasteiger partial charge in [-0.25, -0.2) is 4.39 Å². The van der Waals surface area contributed by atoms with Gasteiger partial charge in [0, 0.05) is 6.07 Å². The summed E-state index contributed by atoms with van der Waals surface area (Å²) in [5, 5.41) is 0. The highest BCUT2D eigenvalue weighted by atomic mass is 19.1. The Morgan fingerprint density at radius 3 is 2.59 bits per heavy atom. The van der Waals surface area contributed by atoms with Crippen molar-refractivity contribution in [3.05, 3.63) is 59.9 Å². The summed E-state index contributed by atoms with van der Waals surface area (Å²) >= 11 is 0. The molecule has 2 rings (SSSR count). The maximum atomic E-state index is 13.8. The molecule has 0 saturated carbocycles. The molecule has 0 aliphatic carbocycles. The summed E-state index contributed by atoms with van der Waals surface area (Å²) in [7, 11) is 1.62. The van der Waals surface area contributed by atoms with Crippen LogP contribution in [0.15, 0.2) is 48.5 Å². The fourth-order valence-electron chi connectivity index (χ4n) is 2.42. The summed E-state index contributed by atoms with van der Waals surface area (Å²) in [6, 6.07) is 14.3. The van der Waals surface area contributed by atoms with E-state index in [4.69, 9.17) is 15.2 Å². The molecule has 4 heteroatoms. The number of benzene rings is 2. The molecule has 0 heterocycles. The lowest BCUT2D eigenvalue weighted by Crippen LogP contribution is -2.15. The second-order valence-electron chi connectivity index (χ2n) is 5.12. The zero-order valence-electron chi connectivity index (χ0n) is 12.8. The lowest BCUT2D eigenvalue weighted by Gasteiger charge is -2.16. The van der Waals surface area contributed by atoms with Crippen molar-refractivity contribution in [3.63, 3.8) is 0 Å². The Kier molecular flexibility index (Phi) is 6.22. The second kappa shape index (κ2) is 8.39. The Hall–Kier alpha value is -2.07. The monoisotopic (exact) mass is 303 g/mol. The average Bonchev–Trinajstić information content (AvgIpc) is 2.56. The fourth-order valence-corrected chi connectivity index (χ4v) is 2.42. The highest BCUT2D eigenvalue weighted by Gasteiger charge is 2.13. The Labute approximate surface area is 130 Å². The number of halogens is 1. The molecular weight excluding hydrogens is 281 g/mol. The van der Waals surface area contributed by atoms with E-state index in [9.17, 15) is 4.39 Å². The molecule has 0 radical (unpaired) electrons. The van der Waals surface area contributed by atoms with E-state index in [1.807, 2.05) is 30.3 Å². The Balaban J connectivity index is 1.83. The van der Waals surface area contributed by atoms with Crippen LogP contribution in [0.2, 0.25) is 0 Å². The van der Waals surface area contributed by atoms with Crippen LogP contribution >= 0.6 is 0 Å². The molecule has 0 fully saturated rings. The summed E-state index contributed by atoms with van der Waals surface area (Å²) in [6.45, 7) is 0.998. The van der Waals surface area contributed by atoms with E-state index in [1.165, 1.54) is 6.07 Å². The summed E-state index contributed by atoms with van der Waals surface area (Å²) < 4.78 is 24.6. The number of methoxy groups -OCH3 is 1. The number of hydrogen-bond donors (Lipinski definition) is 1. The molecule has 0 aromatic heterocycles. The van der Waals surface area contributed by atoms with Gasteiger partial charge >= 0.3 is 0 Å². The van der Waals surface area contributed by atoms with Crippen molar-refractivity contribution in [1.29, 1.82) is 0 Å². The fraction of sp³-hybridized carbons (Fsp3) is 0.333. The van der Waals surface area contributed by atoms with Crippen molar-refractivity contribution < 1.29 is 13.9 Å². The molecule has 0 spiro atoms. The molecule has 1 unspecified atom stereocenters. The predicted octanol–water partition coefficient (Wildman–Crippen LogP) is 3.74. The Morgan fingerprint density at radius 2 is 1.86 bits per heavy atom. The number of ether oxygens (including phenoxy) is 2. The highest BCUT2D eigenvalue weighted by molar-refractivity contribution is 5.32. The molecule has 2 N–H and O–H groups in total. The smallest absolute Gasteiger partial charge is 0.126 e. The molecule has 0 saturated heterocycles. The number of hydrogen-bond acceptors (Lipinski definition) is 3. The first-order valence-corrected chi connectivity index (χ1v) is 7.46. The first-order valence-electron chi connectivity index (χ1n) is 7.46. The van der Waals surface area contributed by atoms with Gasteiger partial charge in [0.25, 0.3) is 0 Å². The van der Waals surface area contributed by atoms with E-state index in [0.29, 0.717) is 18.7 Å². The normalized spacial score (nSPS) is 12.0. The van der Waals surface area contributed by atoms with Crippen LogP contribution in [0.25, 0.3) is 0 Å². The third-order valence-electron chi connectivity index (χ3n) is 3.64. The standard InChI is InChI=1S/C18H22FNO2/c1-21-15-7-4-8-16(12-15)22-11-5-6-14(13-20)17-9-2-3-10-18(17)19/h2-4,7-10,12,14H,5-6,11,13,20H2,1H3. The summed E-state index contributed by atoms with van der Waals surface area (Å²) in [4.78, 5) is 0. The first kappa shape index (κ1) is 16.3. The largest absolute Gasteiger partial charge is 0.497 e. The minimum atomic E-state index is -0.188. The Morgan fingerprint density at radius 1 is 1.09 bits per heavy atom. The SMILES string of the molecule is COc1cccc(OCCCC(CN)c2ccccc2F)c1. The molecule has 118 valence electrons. The molecule has 22 heavy (non-hydrogen) atoms. The maximum absolute atomic E-state index is 13.8. The van der Waals surface area contributed by atoms with Gasteiger partial charge in [-0.05, 0) is 49.1 Å². The van der Waals surface area contributed by atoms with Crippen LogP contribution in [0, 0.1) is 5.82 Å². The molecule has 0 bridgehead atoms. The van der Waals surface area contributed by atoms with Crippen molar-refractivity contribution in [2.24, 2.45) is 5.73 Å². The lowest BCUT2D eigenvalue weighted by molar-refractivity contribution is 0.299. The van der Waals surface area contributed by atoms with Crippen molar-refractivity contribution in [2.45, 2.75) is 18.8 Å². The van der Waals surface area contributed by atoms with Gasteiger partial charge in [0.15, 0.2) is 0 Å². The summed E-state index contributed by atoms with van der Waals surface area (Å²) in [5.41, 5.74) is 6.47. The first-order chi connectivity index (χ1) is 10.7. The molecule has 0 aliphatic rings. The van der Waals surface area contributed by atoms with Crippen molar-refractivity contribution in [3.8, 4) is 11.5 Å². The van der Waals surface area contributed by atoms with Crippen LogP contribution < -0.4 is 15.2 Å². The summed E-state index contributed by atoms with van der Waals surface area (Å²) in [6.07, 6.45) is 1.61. The molecule has 3 nitrogen and oxygen atoms in total. The second-order valence-corrected chi connectivity index (χ2v) is 5.12. The average molecular weight is 303 g/mol. The van der Waals surface area contributed by atoms with E-state index in [0.717, 1.165) is 24.3 Å². The van der Waals surface area contributed by atoms with Gasteiger partial charge in [0.05, 0.1) is 13.7 Å². The maximum Gasteiger partial charge on any atom is 0.126 e. The van der Waals surface area contributed by atoms with Crippen LogP contribution in [-0.2, 0) is 0 Å². The molecule has 2 aromatic rings. The minimum Gasteiger partial charge on any atom is -0.497 e. The van der Waals surface area contributed by atoms with Crippen LogP contribution in [0.3, 0.4) is 0 Å². The van der Waals surface area contributed by atoms with E-state index >= 15 is 0 Å². The molecule has 0 amide bonds. The molecular formula is C18H22FNO2.